The molecule has 0 saturated carbocycles. The third-order valence-electron chi connectivity index (χ3n) is 2.53. The number of hydrogen-bond acceptors (Lipinski definition) is 4. The summed E-state index contributed by atoms with van der Waals surface area (Å²) >= 11 is 1.53. The summed E-state index contributed by atoms with van der Waals surface area (Å²) < 4.78 is 5.18. The maximum absolute atomic E-state index is 10.7. The first-order chi connectivity index (χ1) is 8.58. The lowest BCUT2D eigenvalue weighted by Crippen LogP contribution is -1.93. The molecule has 0 aliphatic rings. The van der Waals surface area contributed by atoms with Crippen molar-refractivity contribution in [3.05, 3.63) is 47.4 Å². The molecule has 1 aromatic carbocycles. The van der Waals surface area contributed by atoms with Gasteiger partial charge in [-0.1, -0.05) is 12.1 Å². The fraction of sp³-hybridized carbons (Fsp3) is 0.154. The van der Waals surface area contributed by atoms with Crippen molar-refractivity contribution >= 4 is 23.4 Å². The molecule has 4 nitrogen and oxygen atoms in total. The van der Waals surface area contributed by atoms with Gasteiger partial charge in [-0.05, 0) is 30.7 Å². The normalized spacial score (nSPS) is 10.5. The van der Waals surface area contributed by atoms with E-state index < -0.39 is 5.97 Å². The Kier molecular flexibility index (Phi) is 3.62. The van der Waals surface area contributed by atoms with Crippen molar-refractivity contribution in [2.75, 3.05) is 5.73 Å². The van der Waals surface area contributed by atoms with Crippen molar-refractivity contribution in [2.45, 2.75) is 17.6 Å². The summed E-state index contributed by atoms with van der Waals surface area (Å²) in [5.74, 6) is 0.0865. The number of furan rings is 1. The zero-order valence-corrected chi connectivity index (χ0v) is 10.7. The zero-order valence-electron chi connectivity index (χ0n) is 9.84. The van der Waals surface area contributed by atoms with Gasteiger partial charge in [0, 0.05) is 10.6 Å². The SMILES string of the molecule is Cc1cccc(SCc2ccc(C(=O)O)o2)c1N. The van der Waals surface area contributed by atoms with E-state index in [1.54, 1.807) is 6.07 Å². The largest absolute Gasteiger partial charge is 0.475 e. The molecule has 0 amide bonds. The molecular weight excluding hydrogens is 250 g/mol. The minimum atomic E-state index is -1.05. The van der Waals surface area contributed by atoms with Gasteiger partial charge in [-0.3, -0.25) is 0 Å². The number of benzene rings is 1. The standard InChI is InChI=1S/C13H13NO3S/c1-8-3-2-4-11(12(8)14)18-7-9-5-6-10(17-9)13(15)16/h2-6H,7,14H2,1H3,(H,15,16). The second-order valence-corrected chi connectivity index (χ2v) is 4.86. The molecule has 0 saturated heterocycles. The lowest BCUT2D eigenvalue weighted by atomic mass is 10.2. The molecule has 0 radical (unpaired) electrons. The Morgan fingerprint density at radius 2 is 2.17 bits per heavy atom. The summed E-state index contributed by atoms with van der Waals surface area (Å²) in [4.78, 5) is 11.6. The average molecular weight is 263 g/mol. The summed E-state index contributed by atoms with van der Waals surface area (Å²) in [5.41, 5.74) is 7.74. The second-order valence-electron chi connectivity index (χ2n) is 3.85. The van der Waals surface area contributed by atoms with Gasteiger partial charge in [-0.2, -0.15) is 0 Å². The molecule has 3 N–H and O–H groups in total. The van der Waals surface area contributed by atoms with E-state index in [-0.39, 0.29) is 5.76 Å². The van der Waals surface area contributed by atoms with E-state index >= 15 is 0 Å². The number of nitrogens with two attached hydrogens (primary N) is 1. The van der Waals surface area contributed by atoms with Crippen molar-refractivity contribution < 1.29 is 14.3 Å². The first kappa shape index (κ1) is 12.6. The smallest absolute Gasteiger partial charge is 0.371 e. The molecule has 94 valence electrons. The zero-order chi connectivity index (χ0) is 13.1. The van der Waals surface area contributed by atoms with E-state index in [9.17, 15) is 4.79 Å². The van der Waals surface area contributed by atoms with Gasteiger partial charge in [0.05, 0.1) is 5.75 Å². The molecule has 2 rings (SSSR count). The highest BCUT2D eigenvalue weighted by Gasteiger charge is 2.10. The first-order valence-corrected chi connectivity index (χ1v) is 6.36. The summed E-state index contributed by atoms with van der Waals surface area (Å²) in [5, 5.41) is 8.74. The van der Waals surface area contributed by atoms with Gasteiger partial charge in [-0.15, -0.1) is 11.8 Å². The number of hydrogen-bond donors (Lipinski definition) is 2. The Morgan fingerprint density at radius 3 is 2.83 bits per heavy atom. The monoisotopic (exact) mass is 263 g/mol. The van der Waals surface area contributed by atoms with Crippen LogP contribution in [0.5, 0.6) is 0 Å². The third kappa shape index (κ3) is 2.68. The molecule has 1 heterocycles. The van der Waals surface area contributed by atoms with E-state index in [0.29, 0.717) is 11.5 Å². The predicted octanol–water partition coefficient (Wildman–Crippen LogP) is 3.16. The van der Waals surface area contributed by atoms with Crippen molar-refractivity contribution in [1.82, 2.24) is 0 Å². The third-order valence-corrected chi connectivity index (χ3v) is 3.62. The summed E-state index contributed by atoms with van der Waals surface area (Å²) in [6.45, 7) is 1.95. The molecule has 0 spiro atoms. The number of rotatable bonds is 4. The molecule has 2 aromatic rings. The summed E-state index contributed by atoms with van der Waals surface area (Å²) in [7, 11) is 0. The Bertz CT molecular complexity index is 577. The summed E-state index contributed by atoms with van der Waals surface area (Å²) in [6, 6.07) is 8.96. The van der Waals surface area contributed by atoms with Crippen molar-refractivity contribution in [3.8, 4) is 0 Å². The van der Waals surface area contributed by atoms with Gasteiger partial charge >= 0.3 is 5.97 Å². The molecule has 0 unspecified atom stereocenters. The maximum atomic E-state index is 10.7. The van der Waals surface area contributed by atoms with Crippen LogP contribution >= 0.6 is 11.8 Å². The van der Waals surface area contributed by atoms with Crippen molar-refractivity contribution in [1.29, 1.82) is 0 Å². The molecule has 1 aromatic heterocycles. The van der Waals surface area contributed by atoms with Gasteiger partial charge in [0.25, 0.3) is 0 Å². The van der Waals surface area contributed by atoms with Crippen LogP contribution in [0.4, 0.5) is 5.69 Å². The van der Waals surface area contributed by atoms with Crippen LogP contribution in [0.2, 0.25) is 0 Å². The molecule has 18 heavy (non-hydrogen) atoms. The first-order valence-electron chi connectivity index (χ1n) is 5.38. The number of para-hydroxylation sites is 1. The fourth-order valence-electron chi connectivity index (χ4n) is 1.50. The van der Waals surface area contributed by atoms with Crippen LogP contribution in [0.1, 0.15) is 21.9 Å². The number of anilines is 1. The minimum absolute atomic E-state index is 0.0391. The van der Waals surface area contributed by atoms with Gasteiger partial charge in [0.15, 0.2) is 0 Å². The molecule has 0 atom stereocenters. The number of carboxylic acid groups (broad SMARTS) is 1. The van der Waals surface area contributed by atoms with Crippen molar-refractivity contribution in [2.24, 2.45) is 0 Å². The fourth-order valence-corrected chi connectivity index (χ4v) is 2.44. The van der Waals surface area contributed by atoms with E-state index in [1.165, 1.54) is 17.8 Å². The van der Waals surface area contributed by atoms with Gasteiger partial charge in [0.1, 0.15) is 5.76 Å². The second kappa shape index (κ2) is 5.18. The van der Waals surface area contributed by atoms with Crippen LogP contribution in [0.15, 0.2) is 39.6 Å². The Hall–Kier alpha value is -1.88. The molecule has 0 bridgehead atoms. The van der Waals surface area contributed by atoms with E-state index in [1.807, 2.05) is 25.1 Å². The lowest BCUT2D eigenvalue weighted by molar-refractivity contribution is 0.0661. The van der Waals surface area contributed by atoms with E-state index in [0.717, 1.165) is 16.1 Å². The maximum Gasteiger partial charge on any atom is 0.371 e. The number of carboxylic acids is 1. The lowest BCUT2D eigenvalue weighted by Gasteiger charge is -2.06. The molecule has 0 fully saturated rings. The quantitative estimate of drug-likeness (QED) is 0.654. The topological polar surface area (TPSA) is 76.5 Å². The number of nitrogen functional groups attached to an aromatic ring is 1. The Morgan fingerprint density at radius 1 is 1.39 bits per heavy atom. The van der Waals surface area contributed by atoms with Gasteiger partial charge in [-0.25, -0.2) is 4.79 Å². The highest BCUT2D eigenvalue weighted by molar-refractivity contribution is 7.98. The predicted molar refractivity (Wildman–Crippen MR) is 70.8 cm³/mol. The molecule has 5 heteroatoms. The highest BCUT2D eigenvalue weighted by Crippen LogP contribution is 2.30. The summed E-state index contributed by atoms with van der Waals surface area (Å²) in [6.07, 6.45) is 0. The van der Waals surface area contributed by atoms with Crippen LogP contribution in [0.25, 0.3) is 0 Å². The van der Waals surface area contributed by atoms with Crippen LogP contribution < -0.4 is 5.73 Å². The number of aromatic carboxylic acids is 1. The van der Waals surface area contributed by atoms with Crippen molar-refractivity contribution in [3.63, 3.8) is 0 Å². The molecular formula is C13H13NO3S. The van der Waals surface area contributed by atoms with Crippen LogP contribution in [-0.4, -0.2) is 11.1 Å². The minimum Gasteiger partial charge on any atom is -0.475 e. The Balaban J connectivity index is 2.07. The van der Waals surface area contributed by atoms with E-state index in [2.05, 4.69) is 0 Å². The molecule has 0 aliphatic carbocycles. The average Bonchev–Trinajstić information content (AvgIpc) is 2.80. The number of aryl methyl sites for hydroxylation is 1. The highest BCUT2D eigenvalue weighted by atomic mass is 32.2. The molecule has 0 aliphatic heterocycles. The van der Waals surface area contributed by atoms with Crippen LogP contribution in [-0.2, 0) is 5.75 Å². The van der Waals surface area contributed by atoms with Crippen LogP contribution in [0.3, 0.4) is 0 Å². The van der Waals surface area contributed by atoms with E-state index in [4.69, 9.17) is 15.3 Å². The Labute approximate surface area is 109 Å². The van der Waals surface area contributed by atoms with Gasteiger partial charge < -0.3 is 15.3 Å². The van der Waals surface area contributed by atoms with Gasteiger partial charge in [0.2, 0.25) is 5.76 Å². The van der Waals surface area contributed by atoms with Crippen LogP contribution in [0, 0.1) is 6.92 Å². The number of thioether (sulfide) groups is 1. The number of carbonyl (C=O) groups is 1.